The summed E-state index contributed by atoms with van der Waals surface area (Å²) in [6.45, 7) is 5.44. The van der Waals surface area contributed by atoms with Crippen LogP contribution in [0.4, 0.5) is 0 Å². The van der Waals surface area contributed by atoms with E-state index in [4.69, 9.17) is 5.84 Å². The van der Waals surface area contributed by atoms with E-state index in [0.717, 1.165) is 38.5 Å². The van der Waals surface area contributed by atoms with Crippen LogP contribution in [0.15, 0.2) is 0 Å². The van der Waals surface area contributed by atoms with Gasteiger partial charge in [0.25, 0.3) is 0 Å². The van der Waals surface area contributed by atoms with Gasteiger partial charge in [0.05, 0.1) is 0 Å². The number of nitrogens with zero attached hydrogens (tertiary/aromatic N) is 1. The number of carbonyl (C=O) groups excluding carboxylic acids is 2. The molecule has 6 nitrogen and oxygen atoms in total. The van der Waals surface area contributed by atoms with Gasteiger partial charge in [-0.3, -0.25) is 20.0 Å². The van der Waals surface area contributed by atoms with E-state index < -0.39 is 11.8 Å². The molecule has 0 aliphatic heterocycles. The summed E-state index contributed by atoms with van der Waals surface area (Å²) in [6.07, 6.45) is 6.19. The highest BCUT2D eigenvalue weighted by atomic mass is 16.2. The van der Waals surface area contributed by atoms with Crippen molar-refractivity contribution in [3.8, 4) is 0 Å². The third-order valence-corrected chi connectivity index (χ3v) is 2.64. The fourth-order valence-corrected chi connectivity index (χ4v) is 1.55. The second-order valence-corrected chi connectivity index (χ2v) is 4.25. The Kier molecular flexibility index (Phi) is 10.3. The van der Waals surface area contributed by atoms with Crippen LogP contribution in [0.25, 0.3) is 0 Å². The first-order valence-electron chi connectivity index (χ1n) is 6.73. The Morgan fingerprint density at radius 1 is 1.06 bits per heavy atom. The molecule has 0 aliphatic carbocycles. The monoisotopic (exact) mass is 258 g/mol. The maximum absolute atomic E-state index is 11.7. The normalized spacial score (nSPS) is 10.2. The summed E-state index contributed by atoms with van der Waals surface area (Å²) >= 11 is 0. The van der Waals surface area contributed by atoms with Gasteiger partial charge in [-0.15, -0.1) is 0 Å². The fourth-order valence-electron chi connectivity index (χ4n) is 1.55. The molecule has 18 heavy (non-hydrogen) atoms. The molecule has 0 fully saturated rings. The quantitative estimate of drug-likeness (QED) is 0.187. The summed E-state index contributed by atoms with van der Waals surface area (Å²) in [4.78, 5) is 22.9. The molecule has 0 rings (SSSR count). The van der Waals surface area contributed by atoms with Gasteiger partial charge in [-0.1, -0.05) is 39.5 Å². The number of hydrogen-bond donors (Lipinski definition) is 3. The molecule has 0 aromatic heterocycles. The van der Waals surface area contributed by atoms with E-state index in [9.17, 15) is 9.59 Å². The molecule has 0 bridgehead atoms. The number of nitrogens with two attached hydrogens (primary N) is 1. The lowest BCUT2D eigenvalue weighted by atomic mass is 10.2. The van der Waals surface area contributed by atoms with Gasteiger partial charge in [-0.25, -0.2) is 11.3 Å². The lowest BCUT2D eigenvalue weighted by Crippen LogP contribution is -2.51. The molecule has 0 aromatic rings. The first-order chi connectivity index (χ1) is 8.67. The highest BCUT2D eigenvalue weighted by Gasteiger charge is 2.19. The average Bonchev–Trinajstić information content (AvgIpc) is 2.40. The molecule has 0 saturated carbocycles. The maximum Gasteiger partial charge on any atom is 0.327 e. The zero-order valence-electron chi connectivity index (χ0n) is 11.5. The van der Waals surface area contributed by atoms with Crippen LogP contribution in [-0.2, 0) is 9.59 Å². The Balaban J connectivity index is 4.14. The van der Waals surface area contributed by atoms with Gasteiger partial charge in [0, 0.05) is 13.1 Å². The average molecular weight is 258 g/mol. The van der Waals surface area contributed by atoms with Crippen LogP contribution in [0.5, 0.6) is 0 Å². The van der Waals surface area contributed by atoms with Crippen LogP contribution in [0.2, 0.25) is 0 Å². The summed E-state index contributed by atoms with van der Waals surface area (Å²) in [5, 5.41) is 1.37. The molecule has 0 aromatic carbocycles. The number of rotatable bonds is 9. The van der Waals surface area contributed by atoms with E-state index in [1.807, 2.05) is 5.43 Å². The molecule has 0 aliphatic rings. The first kappa shape index (κ1) is 16.9. The smallest absolute Gasteiger partial charge is 0.286 e. The van der Waals surface area contributed by atoms with Crippen molar-refractivity contribution >= 4 is 11.8 Å². The van der Waals surface area contributed by atoms with E-state index >= 15 is 0 Å². The van der Waals surface area contributed by atoms with Gasteiger partial charge in [0.2, 0.25) is 0 Å². The highest BCUT2D eigenvalue weighted by Crippen LogP contribution is 1.98. The zero-order valence-corrected chi connectivity index (χ0v) is 11.5. The lowest BCUT2D eigenvalue weighted by molar-refractivity contribution is -0.148. The van der Waals surface area contributed by atoms with Gasteiger partial charge < -0.3 is 0 Å². The summed E-state index contributed by atoms with van der Waals surface area (Å²) < 4.78 is 0. The Hall–Kier alpha value is -1.14. The molecule has 0 spiro atoms. The van der Waals surface area contributed by atoms with Gasteiger partial charge >= 0.3 is 11.8 Å². The molecule has 4 N–H and O–H groups in total. The van der Waals surface area contributed by atoms with Crippen LogP contribution >= 0.6 is 0 Å². The first-order valence-corrected chi connectivity index (χ1v) is 6.73. The SMILES string of the molecule is CCCCCNN(CCCCC)C(=O)C(=O)NN. The predicted molar refractivity (Wildman–Crippen MR) is 71.1 cm³/mol. The van der Waals surface area contributed by atoms with Crippen LogP contribution in [0.3, 0.4) is 0 Å². The van der Waals surface area contributed by atoms with E-state index in [-0.39, 0.29) is 0 Å². The molecule has 0 radical (unpaired) electrons. The Morgan fingerprint density at radius 2 is 1.67 bits per heavy atom. The Labute approximate surface area is 109 Å². The van der Waals surface area contributed by atoms with E-state index in [2.05, 4.69) is 19.3 Å². The van der Waals surface area contributed by atoms with Crippen LogP contribution in [-0.4, -0.2) is 29.9 Å². The summed E-state index contributed by atoms with van der Waals surface area (Å²) in [7, 11) is 0. The Bertz CT molecular complexity index is 246. The second kappa shape index (κ2) is 11.0. The summed E-state index contributed by atoms with van der Waals surface area (Å²) in [5.41, 5.74) is 4.86. The van der Waals surface area contributed by atoms with Crippen molar-refractivity contribution in [1.82, 2.24) is 15.9 Å². The maximum atomic E-state index is 11.7. The van der Waals surface area contributed by atoms with E-state index in [0.29, 0.717) is 13.1 Å². The minimum atomic E-state index is -0.783. The third-order valence-electron chi connectivity index (χ3n) is 2.64. The van der Waals surface area contributed by atoms with Gasteiger partial charge in [-0.05, 0) is 12.8 Å². The number of amides is 2. The van der Waals surface area contributed by atoms with E-state index in [1.54, 1.807) is 0 Å². The number of hydrogen-bond acceptors (Lipinski definition) is 4. The van der Waals surface area contributed by atoms with Crippen molar-refractivity contribution < 1.29 is 9.59 Å². The lowest BCUT2D eigenvalue weighted by Gasteiger charge is -2.22. The van der Waals surface area contributed by atoms with Crippen molar-refractivity contribution in [2.75, 3.05) is 13.1 Å². The molecule has 0 saturated heterocycles. The van der Waals surface area contributed by atoms with Crippen LogP contribution < -0.4 is 16.7 Å². The van der Waals surface area contributed by atoms with Gasteiger partial charge in [0.1, 0.15) is 0 Å². The van der Waals surface area contributed by atoms with Crippen LogP contribution in [0, 0.1) is 0 Å². The highest BCUT2D eigenvalue weighted by molar-refractivity contribution is 6.34. The molecular formula is C12H26N4O2. The van der Waals surface area contributed by atoms with Crippen molar-refractivity contribution in [2.24, 2.45) is 5.84 Å². The van der Waals surface area contributed by atoms with Crippen molar-refractivity contribution in [3.63, 3.8) is 0 Å². The third kappa shape index (κ3) is 7.24. The predicted octanol–water partition coefficient (Wildman–Crippen LogP) is 0.690. The van der Waals surface area contributed by atoms with Crippen molar-refractivity contribution in [2.45, 2.75) is 52.4 Å². The molecule has 6 heteroatoms. The Morgan fingerprint density at radius 3 is 2.22 bits per heavy atom. The number of nitrogens with one attached hydrogen (secondary N) is 2. The van der Waals surface area contributed by atoms with Crippen LogP contribution in [0.1, 0.15) is 52.4 Å². The molecular weight excluding hydrogens is 232 g/mol. The fraction of sp³-hybridized carbons (Fsp3) is 0.833. The minimum Gasteiger partial charge on any atom is -0.286 e. The number of hydrazine groups is 2. The van der Waals surface area contributed by atoms with Crippen molar-refractivity contribution in [3.05, 3.63) is 0 Å². The second-order valence-electron chi connectivity index (χ2n) is 4.25. The number of carbonyl (C=O) groups is 2. The molecule has 0 unspecified atom stereocenters. The topological polar surface area (TPSA) is 87.5 Å². The van der Waals surface area contributed by atoms with Crippen molar-refractivity contribution in [1.29, 1.82) is 0 Å². The summed E-state index contributed by atoms with van der Waals surface area (Å²) in [6, 6.07) is 0. The molecule has 2 amide bonds. The molecule has 0 heterocycles. The van der Waals surface area contributed by atoms with Gasteiger partial charge in [-0.2, -0.15) is 0 Å². The zero-order chi connectivity index (χ0) is 13.8. The summed E-state index contributed by atoms with van der Waals surface area (Å²) in [5.74, 6) is 3.56. The van der Waals surface area contributed by atoms with Gasteiger partial charge in [0.15, 0.2) is 0 Å². The minimum absolute atomic E-state index is 0.534. The standard InChI is InChI=1S/C12H26N4O2/c1-3-5-7-9-14-16(10-8-6-4-2)12(18)11(17)15-13/h14H,3-10,13H2,1-2H3,(H,15,17). The largest absolute Gasteiger partial charge is 0.327 e. The number of unbranched alkanes of at least 4 members (excludes halogenated alkanes) is 4. The molecule has 0 atom stereocenters. The van der Waals surface area contributed by atoms with E-state index in [1.165, 1.54) is 5.01 Å². The molecule has 106 valence electrons.